The molecule has 0 fully saturated rings. The second-order valence-electron chi connectivity index (χ2n) is 4.35. The fraction of sp³-hybridized carbons (Fsp3) is 0.286. The van der Waals surface area contributed by atoms with Gasteiger partial charge in [0, 0.05) is 26.8 Å². The van der Waals surface area contributed by atoms with Crippen LogP contribution >= 0.6 is 43.2 Å². The molecule has 0 amide bonds. The van der Waals surface area contributed by atoms with Crippen LogP contribution in [0.25, 0.3) is 0 Å². The number of rotatable bonds is 5. The molecule has 0 aliphatic heterocycles. The molecule has 2 N–H and O–H groups in total. The van der Waals surface area contributed by atoms with Crippen molar-refractivity contribution in [3.63, 3.8) is 0 Å². The molecule has 0 saturated carbocycles. The number of hydrogen-bond donors (Lipinski definition) is 1. The van der Waals surface area contributed by atoms with Gasteiger partial charge in [-0.25, -0.2) is 4.39 Å². The molecule has 1 aromatic heterocycles. The molecule has 6 heteroatoms. The molecule has 2 nitrogen and oxygen atoms in total. The molecule has 0 bridgehead atoms. The van der Waals surface area contributed by atoms with Crippen LogP contribution in [0.15, 0.2) is 38.6 Å². The summed E-state index contributed by atoms with van der Waals surface area (Å²) in [5, 5.41) is 1.98. The first kappa shape index (κ1) is 15.9. The van der Waals surface area contributed by atoms with E-state index in [0.29, 0.717) is 10.2 Å². The molecule has 2 rings (SSSR count). The van der Waals surface area contributed by atoms with Crippen LogP contribution in [0.4, 0.5) is 4.39 Å². The van der Waals surface area contributed by atoms with Gasteiger partial charge in [-0.3, -0.25) is 0 Å². The van der Waals surface area contributed by atoms with Crippen LogP contribution in [0, 0.1) is 5.82 Å². The van der Waals surface area contributed by atoms with Gasteiger partial charge in [-0.2, -0.15) is 0 Å². The van der Waals surface area contributed by atoms with Crippen molar-refractivity contribution in [1.82, 2.24) is 0 Å². The highest BCUT2D eigenvalue weighted by Crippen LogP contribution is 2.35. The van der Waals surface area contributed by atoms with E-state index in [1.807, 2.05) is 18.4 Å². The maximum Gasteiger partial charge on any atom is 0.148 e. The Labute approximate surface area is 138 Å². The van der Waals surface area contributed by atoms with Crippen molar-refractivity contribution >= 4 is 43.2 Å². The number of hydrogen-bond acceptors (Lipinski definition) is 3. The molecule has 20 heavy (non-hydrogen) atoms. The molecular weight excluding hydrogens is 409 g/mol. The van der Waals surface area contributed by atoms with Gasteiger partial charge in [0.15, 0.2) is 0 Å². The molecular formula is C14H14Br2FNOS. The average molecular weight is 423 g/mol. The van der Waals surface area contributed by atoms with Crippen LogP contribution in [0.2, 0.25) is 0 Å². The Morgan fingerprint density at radius 1 is 1.35 bits per heavy atom. The number of ether oxygens (including phenoxy) is 1. The highest BCUT2D eigenvalue weighted by atomic mass is 79.9. The second kappa shape index (κ2) is 7.02. The lowest BCUT2D eigenvalue weighted by molar-refractivity contribution is 0.173. The SMILES string of the molecule is CCC(N)C(Oc1cc(F)ccc1Br)c1cc(Br)cs1. The van der Waals surface area contributed by atoms with Crippen molar-refractivity contribution in [2.75, 3.05) is 0 Å². The van der Waals surface area contributed by atoms with Crippen molar-refractivity contribution in [2.24, 2.45) is 5.73 Å². The minimum Gasteiger partial charge on any atom is -0.482 e. The summed E-state index contributed by atoms with van der Waals surface area (Å²) in [5.41, 5.74) is 6.15. The van der Waals surface area contributed by atoms with Crippen molar-refractivity contribution in [1.29, 1.82) is 0 Å². The van der Waals surface area contributed by atoms with E-state index in [0.717, 1.165) is 15.8 Å². The van der Waals surface area contributed by atoms with E-state index < -0.39 is 0 Å². The largest absolute Gasteiger partial charge is 0.482 e. The fourth-order valence-electron chi connectivity index (χ4n) is 1.75. The van der Waals surface area contributed by atoms with Crippen LogP contribution in [-0.2, 0) is 0 Å². The van der Waals surface area contributed by atoms with Gasteiger partial charge in [0.1, 0.15) is 17.7 Å². The maximum atomic E-state index is 13.4. The Morgan fingerprint density at radius 2 is 2.10 bits per heavy atom. The van der Waals surface area contributed by atoms with Gasteiger partial charge < -0.3 is 10.5 Å². The Bertz CT molecular complexity index is 590. The summed E-state index contributed by atoms with van der Waals surface area (Å²) in [6.07, 6.45) is 0.474. The predicted octanol–water partition coefficient (Wildman–Crippen LogP) is 5.27. The van der Waals surface area contributed by atoms with Crippen LogP contribution in [0.3, 0.4) is 0 Å². The van der Waals surface area contributed by atoms with E-state index in [-0.39, 0.29) is 18.0 Å². The highest BCUT2D eigenvalue weighted by Gasteiger charge is 2.23. The summed E-state index contributed by atoms with van der Waals surface area (Å²) in [7, 11) is 0. The summed E-state index contributed by atoms with van der Waals surface area (Å²) in [6.45, 7) is 2.00. The van der Waals surface area contributed by atoms with Crippen LogP contribution in [-0.4, -0.2) is 6.04 Å². The first-order valence-electron chi connectivity index (χ1n) is 6.12. The number of thiophene rings is 1. The molecule has 0 spiro atoms. The van der Waals surface area contributed by atoms with Gasteiger partial charge in [0.05, 0.1) is 4.47 Å². The zero-order valence-corrected chi connectivity index (χ0v) is 14.8. The molecule has 1 heterocycles. The predicted molar refractivity (Wildman–Crippen MR) is 87.8 cm³/mol. The molecule has 108 valence electrons. The zero-order valence-electron chi connectivity index (χ0n) is 10.8. The smallest absolute Gasteiger partial charge is 0.148 e. The standard InChI is InChI=1S/C14H14Br2FNOS/c1-2-11(18)14(13-5-8(15)7-20-13)19-12-6-9(17)3-4-10(12)16/h3-7,11,14H,2,18H2,1H3. The van der Waals surface area contributed by atoms with Crippen LogP contribution in [0.5, 0.6) is 5.75 Å². The molecule has 2 unspecified atom stereocenters. The molecule has 0 aliphatic carbocycles. The van der Waals surface area contributed by atoms with Crippen LogP contribution < -0.4 is 10.5 Å². The molecule has 0 saturated heterocycles. The molecule has 0 aliphatic rings. The van der Waals surface area contributed by atoms with Gasteiger partial charge in [-0.05, 0) is 56.5 Å². The van der Waals surface area contributed by atoms with Crippen molar-refractivity contribution in [3.05, 3.63) is 49.3 Å². The third-order valence-corrected chi connectivity index (χ3v) is 5.29. The van der Waals surface area contributed by atoms with Crippen LogP contribution in [0.1, 0.15) is 24.3 Å². The second-order valence-corrected chi connectivity index (χ2v) is 7.07. The first-order valence-corrected chi connectivity index (χ1v) is 8.59. The Hall–Kier alpha value is -0.430. The lowest BCUT2D eigenvalue weighted by Crippen LogP contribution is -2.31. The molecule has 1 aromatic carbocycles. The Kier molecular flexibility index (Phi) is 5.60. The van der Waals surface area contributed by atoms with E-state index in [1.165, 1.54) is 12.1 Å². The lowest BCUT2D eigenvalue weighted by atomic mass is 10.1. The number of nitrogens with two attached hydrogens (primary N) is 1. The summed E-state index contributed by atoms with van der Waals surface area (Å²) < 4.78 is 21.0. The van der Waals surface area contributed by atoms with Crippen molar-refractivity contribution < 1.29 is 9.13 Å². The summed E-state index contributed by atoms with van der Waals surface area (Å²) >= 11 is 8.37. The van der Waals surface area contributed by atoms with E-state index in [9.17, 15) is 4.39 Å². The Morgan fingerprint density at radius 3 is 2.70 bits per heavy atom. The Balaban J connectivity index is 2.30. The third-order valence-electron chi connectivity index (χ3n) is 2.88. The van der Waals surface area contributed by atoms with Gasteiger partial charge in [-0.1, -0.05) is 6.92 Å². The minimum atomic E-state index is -0.334. The zero-order chi connectivity index (χ0) is 14.7. The van der Waals surface area contributed by atoms with Crippen molar-refractivity contribution in [3.8, 4) is 5.75 Å². The van der Waals surface area contributed by atoms with Gasteiger partial charge in [-0.15, -0.1) is 11.3 Å². The van der Waals surface area contributed by atoms with Gasteiger partial charge in [0.2, 0.25) is 0 Å². The topological polar surface area (TPSA) is 35.2 Å². The number of benzene rings is 1. The van der Waals surface area contributed by atoms with E-state index in [1.54, 1.807) is 17.4 Å². The van der Waals surface area contributed by atoms with E-state index in [4.69, 9.17) is 10.5 Å². The number of halogens is 3. The monoisotopic (exact) mass is 421 g/mol. The highest BCUT2D eigenvalue weighted by molar-refractivity contribution is 9.10. The summed E-state index contributed by atoms with van der Waals surface area (Å²) in [4.78, 5) is 1.02. The fourth-order valence-corrected chi connectivity index (χ4v) is 3.64. The molecule has 2 aromatic rings. The molecule has 2 atom stereocenters. The van der Waals surface area contributed by atoms with Gasteiger partial charge in [0.25, 0.3) is 0 Å². The quantitative estimate of drug-likeness (QED) is 0.712. The maximum absolute atomic E-state index is 13.4. The first-order chi connectivity index (χ1) is 9.51. The van der Waals surface area contributed by atoms with E-state index in [2.05, 4.69) is 31.9 Å². The summed E-state index contributed by atoms with van der Waals surface area (Å²) in [6, 6.07) is 6.20. The average Bonchev–Trinajstić information content (AvgIpc) is 2.85. The lowest BCUT2D eigenvalue weighted by Gasteiger charge is -2.24. The van der Waals surface area contributed by atoms with Crippen molar-refractivity contribution in [2.45, 2.75) is 25.5 Å². The van der Waals surface area contributed by atoms with E-state index >= 15 is 0 Å². The minimum absolute atomic E-state index is 0.157. The normalized spacial score (nSPS) is 14.1. The third kappa shape index (κ3) is 3.81. The summed E-state index contributed by atoms with van der Waals surface area (Å²) in [5.74, 6) is 0.128. The van der Waals surface area contributed by atoms with Gasteiger partial charge >= 0.3 is 0 Å². The molecule has 0 radical (unpaired) electrons.